The molecule has 4 heteroatoms. The molecule has 2 fully saturated rings. The molecule has 0 aromatic rings. The van der Waals surface area contributed by atoms with Gasteiger partial charge in [-0.25, -0.2) is 0 Å². The van der Waals surface area contributed by atoms with Crippen molar-refractivity contribution < 1.29 is 14.6 Å². The molecule has 0 amide bonds. The summed E-state index contributed by atoms with van der Waals surface area (Å²) in [4.78, 5) is 13.4. The van der Waals surface area contributed by atoms with Crippen LogP contribution < -0.4 is 0 Å². The number of hydrogen-bond donors (Lipinski definition) is 1. The van der Waals surface area contributed by atoms with E-state index in [0.717, 1.165) is 58.4 Å². The van der Waals surface area contributed by atoms with Gasteiger partial charge in [-0.3, -0.25) is 9.69 Å². The molecule has 2 rings (SSSR count). The molecule has 0 radical (unpaired) electrons. The number of nitrogens with zero attached hydrogens (tertiary/aromatic N) is 1. The van der Waals surface area contributed by atoms with Crippen LogP contribution in [0.3, 0.4) is 0 Å². The van der Waals surface area contributed by atoms with Crippen LogP contribution in [0.2, 0.25) is 0 Å². The molecule has 1 unspecified atom stereocenters. The van der Waals surface area contributed by atoms with Crippen LogP contribution in [0.1, 0.15) is 39.0 Å². The van der Waals surface area contributed by atoms with Crippen molar-refractivity contribution in [3.8, 4) is 0 Å². The molecule has 1 atom stereocenters. The quantitative estimate of drug-likeness (QED) is 0.796. The number of carboxylic acids is 1. The Balaban J connectivity index is 1.84. The van der Waals surface area contributed by atoms with Crippen LogP contribution in [0.4, 0.5) is 0 Å². The normalized spacial score (nSPS) is 25.5. The Morgan fingerprint density at radius 1 is 1.41 bits per heavy atom. The minimum atomic E-state index is -0.652. The van der Waals surface area contributed by atoms with E-state index in [1.54, 1.807) is 0 Å². The van der Waals surface area contributed by atoms with Crippen molar-refractivity contribution in [3.63, 3.8) is 0 Å². The summed E-state index contributed by atoms with van der Waals surface area (Å²) in [6, 6.07) is -0.261. The van der Waals surface area contributed by atoms with Crippen LogP contribution in [0.5, 0.6) is 0 Å². The molecule has 0 saturated carbocycles. The van der Waals surface area contributed by atoms with Crippen molar-refractivity contribution in [2.75, 3.05) is 26.3 Å². The number of rotatable bonds is 5. The van der Waals surface area contributed by atoms with Crippen molar-refractivity contribution >= 4 is 5.97 Å². The second-order valence-electron chi connectivity index (χ2n) is 5.51. The topological polar surface area (TPSA) is 49.8 Å². The molecule has 2 saturated heterocycles. The minimum Gasteiger partial charge on any atom is -0.480 e. The van der Waals surface area contributed by atoms with E-state index < -0.39 is 5.97 Å². The molecule has 98 valence electrons. The maximum absolute atomic E-state index is 11.2. The molecule has 0 bridgehead atoms. The Morgan fingerprint density at radius 3 is 2.59 bits per heavy atom. The summed E-state index contributed by atoms with van der Waals surface area (Å²) in [5.41, 5.74) is 0.373. The monoisotopic (exact) mass is 241 g/mol. The predicted octanol–water partition coefficient (Wildman–Crippen LogP) is 1.74. The van der Waals surface area contributed by atoms with E-state index in [0.29, 0.717) is 5.41 Å². The predicted molar refractivity (Wildman–Crippen MR) is 65.0 cm³/mol. The van der Waals surface area contributed by atoms with E-state index in [1.807, 2.05) is 0 Å². The van der Waals surface area contributed by atoms with Crippen molar-refractivity contribution in [2.24, 2.45) is 5.41 Å². The lowest BCUT2D eigenvalue weighted by atomic mass is 9.72. The third kappa shape index (κ3) is 2.80. The molecule has 0 aromatic heterocycles. The summed E-state index contributed by atoms with van der Waals surface area (Å²) < 4.78 is 5.37. The highest BCUT2D eigenvalue weighted by atomic mass is 16.5. The molecule has 4 nitrogen and oxygen atoms in total. The lowest BCUT2D eigenvalue weighted by Gasteiger charge is -2.54. The van der Waals surface area contributed by atoms with Gasteiger partial charge in [-0.05, 0) is 19.3 Å². The molecular weight excluding hydrogens is 218 g/mol. The molecule has 17 heavy (non-hydrogen) atoms. The molecule has 0 aromatic carbocycles. The average molecular weight is 241 g/mol. The van der Waals surface area contributed by atoms with E-state index in [-0.39, 0.29) is 6.04 Å². The van der Waals surface area contributed by atoms with E-state index in [1.165, 1.54) is 0 Å². The Bertz CT molecular complexity index is 266. The van der Waals surface area contributed by atoms with Gasteiger partial charge in [0, 0.05) is 31.7 Å². The Kier molecular flexibility index (Phi) is 4.05. The number of aliphatic carboxylic acids is 1. The summed E-state index contributed by atoms with van der Waals surface area (Å²) in [7, 11) is 0. The maximum Gasteiger partial charge on any atom is 0.320 e. The van der Waals surface area contributed by atoms with Gasteiger partial charge in [-0.15, -0.1) is 0 Å². The van der Waals surface area contributed by atoms with Gasteiger partial charge in [-0.2, -0.15) is 0 Å². The average Bonchev–Trinajstić information content (AvgIpc) is 2.28. The first-order chi connectivity index (χ1) is 8.17. The number of likely N-dealkylation sites (tertiary alicyclic amines) is 1. The first-order valence-electron chi connectivity index (χ1n) is 6.71. The van der Waals surface area contributed by atoms with Gasteiger partial charge >= 0.3 is 5.97 Å². The van der Waals surface area contributed by atoms with Gasteiger partial charge in [0.2, 0.25) is 0 Å². The van der Waals surface area contributed by atoms with Crippen LogP contribution in [0.25, 0.3) is 0 Å². The van der Waals surface area contributed by atoms with Crippen LogP contribution in [0.15, 0.2) is 0 Å². The van der Waals surface area contributed by atoms with Gasteiger partial charge in [0.05, 0.1) is 0 Å². The molecule has 1 N–H and O–H groups in total. The zero-order chi connectivity index (χ0) is 12.3. The Hall–Kier alpha value is -0.610. The highest BCUT2D eigenvalue weighted by Gasteiger charge is 2.47. The van der Waals surface area contributed by atoms with Gasteiger partial charge in [0.25, 0.3) is 0 Å². The fourth-order valence-electron chi connectivity index (χ4n) is 3.02. The number of hydrogen-bond acceptors (Lipinski definition) is 3. The van der Waals surface area contributed by atoms with Crippen molar-refractivity contribution in [3.05, 3.63) is 0 Å². The lowest BCUT2D eigenvalue weighted by molar-refractivity contribution is -0.154. The van der Waals surface area contributed by atoms with Gasteiger partial charge in [0.15, 0.2) is 0 Å². The standard InChI is InChI=1S/C13H23NO3/c1-2-3-4-11(12(15)16)14-9-13(10-14)5-7-17-8-6-13/h11H,2-10H2,1H3,(H,15,16). The molecule has 2 aliphatic heterocycles. The largest absolute Gasteiger partial charge is 0.480 e. The summed E-state index contributed by atoms with van der Waals surface area (Å²) in [6.45, 7) is 5.71. The zero-order valence-electron chi connectivity index (χ0n) is 10.7. The smallest absolute Gasteiger partial charge is 0.320 e. The van der Waals surface area contributed by atoms with E-state index in [2.05, 4.69) is 11.8 Å². The van der Waals surface area contributed by atoms with Crippen molar-refractivity contribution in [1.82, 2.24) is 4.90 Å². The highest BCUT2D eigenvalue weighted by Crippen LogP contribution is 2.41. The summed E-state index contributed by atoms with van der Waals surface area (Å²) in [5, 5.41) is 9.26. The maximum atomic E-state index is 11.2. The van der Waals surface area contributed by atoms with Gasteiger partial charge < -0.3 is 9.84 Å². The molecular formula is C13H23NO3. The SMILES string of the molecule is CCCCC(C(=O)O)N1CC2(CCOCC2)C1. The first kappa shape index (κ1) is 12.8. The van der Waals surface area contributed by atoms with E-state index in [9.17, 15) is 9.90 Å². The van der Waals surface area contributed by atoms with Crippen molar-refractivity contribution in [1.29, 1.82) is 0 Å². The number of ether oxygens (including phenoxy) is 1. The summed E-state index contributed by atoms with van der Waals surface area (Å²) >= 11 is 0. The van der Waals surface area contributed by atoms with Gasteiger partial charge in [0.1, 0.15) is 6.04 Å². The Morgan fingerprint density at radius 2 is 2.06 bits per heavy atom. The highest BCUT2D eigenvalue weighted by molar-refractivity contribution is 5.73. The Labute approximate surface area is 103 Å². The summed E-state index contributed by atoms with van der Waals surface area (Å²) in [5.74, 6) is -0.652. The third-order valence-electron chi connectivity index (χ3n) is 4.19. The third-order valence-corrected chi connectivity index (χ3v) is 4.19. The molecule has 2 aliphatic rings. The van der Waals surface area contributed by atoms with Gasteiger partial charge in [-0.1, -0.05) is 19.8 Å². The molecule has 2 heterocycles. The number of carboxylic acid groups (broad SMARTS) is 1. The molecule has 0 aliphatic carbocycles. The fourth-order valence-corrected chi connectivity index (χ4v) is 3.02. The zero-order valence-corrected chi connectivity index (χ0v) is 10.7. The summed E-state index contributed by atoms with van der Waals surface area (Å²) in [6.07, 6.45) is 5.06. The van der Waals surface area contributed by atoms with Crippen LogP contribution in [-0.2, 0) is 9.53 Å². The second kappa shape index (κ2) is 5.36. The fraction of sp³-hybridized carbons (Fsp3) is 0.923. The minimum absolute atomic E-state index is 0.261. The number of unbranched alkanes of at least 4 members (excludes halogenated alkanes) is 1. The van der Waals surface area contributed by atoms with E-state index >= 15 is 0 Å². The van der Waals surface area contributed by atoms with Crippen molar-refractivity contribution in [2.45, 2.75) is 45.1 Å². The molecule has 1 spiro atoms. The van der Waals surface area contributed by atoms with Crippen LogP contribution in [-0.4, -0.2) is 48.3 Å². The number of carbonyl (C=O) groups is 1. The first-order valence-corrected chi connectivity index (χ1v) is 6.71. The second-order valence-corrected chi connectivity index (χ2v) is 5.51. The van der Waals surface area contributed by atoms with E-state index in [4.69, 9.17) is 4.74 Å². The lowest BCUT2D eigenvalue weighted by Crippen LogP contribution is -2.63. The van der Waals surface area contributed by atoms with Crippen LogP contribution in [0, 0.1) is 5.41 Å². The van der Waals surface area contributed by atoms with Crippen LogP contribution >= 0.6 is 0 Å².